The Kier molecular flexibility index (Phi) is 10.6. The number of methoxy groups -OCH3 is 1. The van der Waals surface area contributed by atoms with Crippen molar-refractivity contribution in [3.05, 3.63) is 60.2 Å². The van der Waals surface area contributed by atoms with E-state index in [1.165, 1.54) is 0 Å². The average Bonchev–Trinajstić information content (AvgIpc) is 3.17. The first-order valence-corrected chi connectivity index (χ1v) is 12.5. The number of hydrogen-bond donors (Lipinski definition) is 1. The van der Waals surface area contributed by atoms with Crippen molar-refractivity contribution in [3.63, 3.8) is 0 Å². The number of aryl methyl sites for hydroxylation is 1. The van der Waals surface area contributed by atoms with Crippen molar-refractivity contribution in [1.29, 1.82) is 0 Å². The normalized spacial score (nSPS) is 12.2. The third-order valence-electron chi connectivity index (χ3n) is 5.75. The highest BCUT2D eigenvalue weighted by molar-refractivity contribution is 5.65. The van der Waals surface area contributed by atoms with E-state index in [1.807, 2.05) is 49.5 Å². The number of aliphatic hydroxyl groups is 1. The predicted molar refractivity (Wildman–Crippen MR) is 139 cm³/mol. The van der Waals surface area contributed by atoms with Crippen LogP contribution in [0.3, 0.4) is 0 Å². The van der Waals surface area contributed by atoms with Crippen molar-refractivity contribution in [3.8, 4) is 28.6 Å². The van der Waals surface area contributed by atoms with E-state index >= 15 is 0 Å². The van der Waals surface area contributed by atoms with Crippen LogP contribution < -0.4 is 9.47 Å². The Morgan fingerprint density at radius 1 is 1.00 bits per heavy atom. The quantitative estimate of drug-likeness (QED) is 0.298. The number of aromatic nitrogens is 2. The lowest BCUT2D eigenvalue weighted by atomic mass is 10.1. The van der Waals surface area contributed by atoms with E-state index in [1.54, 1.807) is 11.8 Å². The van der Waals surface area contributed by atoms with Gasteiger partial charge in [-0.3, -0.25) is 4.90 Å². The number of para-hydroxylation sites is 2. The summed E-state index contributed by atoms with van der Waals surface area (Å²) in [4.78, 5) is 2.24. The van der Waals surface area contributed by atoms with Crippen LogP contribution in [0.5, 0.6) is 17.4 Å². The molecule has 7 nitrogen and oxygen atoms in total. The minimum atomic E-state index is -0.561. The van der Waals surface area contributed by atoms with E-state index in [9.17, 15) is 5.11 Å². The lowest BCUT2D eigenvalue weighted by Crippen LogP contribution is -2.35. The van der Waals surface area contributed by atoms with Crippen LogP contribution in [0.1, 0.15) is 38.7 Å². The molecule has 0 bridgehead atoms. The Morgan fingerprint density at radius 2 is 1.71 bits per heavy atom. The van der Waals surface area contributed by atoms with Crippen LogP contribution in [0.2, 0.25) is 0 Å². The van der Waals surface area contributed by atoms with Crippen molar-refractivity contribution in [2.45, 2.75) is 45.8 Å². The molecule has 0 unspecified atom stereocenters. The molecule has 1 aromatic heterocycles. The fourth-order valence-corrected chi connectivity index (χ4v) is 4.05. The minimum absolute atomic E-state index is 0.337. The zero-order valence-electron chi connectivity index (χ0n) is 21.4. The molecule has 0 fully saturated rings. The van der Waals surface area contributed by atoms with Gasteiger partial charge in [-0.25, -0.2) is 4.68 Å². The second-order valence-corrected chi connectivity index (χ2v) is 8.69. The zero-order valence-corrected chi connectivity index (χ0v) is 21.4. The predicted octanol–water partition coefficient (Wildman–Crippen LogP) is 5.28. The summed E-state index contributed by atoms with van der Waals surface area (Å²) < 4.78 is 19.3. The first-order valence-electron chi connectivity index (χ1n) is 12.5. The third kappa shape index (κ3) is 7.56. The number of benzene rings is 2. The summed E-state index contributed by atoms with van der Waals surface area (Å²) in [6.45, 7) is 7.22. The summed E-state index contributed by atoms with van der Waals surface area (Å²) in [7, 11) is 3.52. The highest BCUT2D eigenvalue weighted by atomic mass is 16.5. The summed E-state index contributed by atoms with van der Waals surface area (Å²) in [6.07, 6.45) is 2.49. The molecule has 0 aliphatic carbocycles. The molecule has 3 rings (SSSR count). The van der Waals surface area contributed by atoms with Crippen LogP contribution in [-0.2, 0) is 18.3 Å². The summed E-state index contributed by atoms with van der Waals surface area (Å²) in [5, 5.41) is 15.5. The molecule has 0 amide bonds. The van der Waals surface area contributed by atoms with Gasteiger partial charge in [0.1, 0.15) is 5.69 Å². The molecular formula is C28H39N3O4. The van der Waals surface area contributed by atoms with Gasteiger partial charge in [0, 0.05) is 32.3 Å². The minimum Gasteiger partial charge on any atom is -0.493 e. The lowest BCUT2D eigenvalue weighted by Gasteiger charge is -2.25. The second kappa shape index (κ2) is 13.9. The van der Waals surface area contributed by atoms with E-state index in [4.69, 9.17) is 19.3 Å². The summed E-state index contributed by atoms with van der Waals surface area (Å²) in [5.41, 5.74) is 2.86. The fraction of sp³-hybridized carbons (Fsp3) is 0.464. The topological polar surface area (TPSA) is 69.0 Å². The molecule has 2 aromatic carbocycles. The summed E-state index contributed by atoms with van der Waals surface area (Å²) in [6, 6.07) is 17.7. The molecule has 0 saturated heterocycles. The molecule has 0 spiro atoms. The average molecular weight is 482 g/mol. The van der Waals surface area contributed by atoms with Gasteiger partial charge in [-0.15, -0.1) is 0 Å². The molecule has 0 saturated carbocycles. The SMILES string of the molecule is CCCCOC[C@@H](O)CN(CCC)Cc1c(-c2ccccc2)nn(C)c1Oc1ccccc1OC. The highest BCUT2D eigenvalue weighted by Gasteiger charge is 2.24. The first kappa shape index (κ1) is 26.7. The Balaban J connectivity index is 1.90. The maximum atomic E-state index is 10.7. The van der Waals surface area contributed by atoms with E-state index in [2.05, 4.69) is 30.9 Å². The van der Waals surface area contributed by atoms with Crippen molar-refractivity contribution in [1.82, 2.24) is 14.7 Å². The molecule has 1 N–H and O–H groups in total. The van der Waals surface area contributed by atoms with E-state index in [0.717, 1.165) is 42.6 Å². The lowest BCUT2D eigenvalue weighted by molar-refractivity contribution is 0.0143. The van der Waals surface area contributed by atoms with Crippen LogP contribution in [0, 0.1) is 0 Å². The van der Waals surface area contributed by atoms with Crippen LogP contribution in [0.25, 0.3) is 11.3 Å². The van der Waals surface area contributed by atoms with Gasteiger partial charge in [0.25, 0.3) is 0 Å². The Bertz CT molecular complexity index is 1020. The highest BCUT2D eigenvalue weighted by Crippen LogP contribution is 2.37. The van der Waals surface area contributed by atoms with Crippen molar-refractivity contribution < 1.29 is 19.3 Å². The Labute approximate surface area is 209 Å². The molecule has 190 valence electrons. The van der Waals surface area contributed by atoms with Gasteiger partial charge in [-0.05, 0) is 31.5 Å². The van der Waals surface area contributed by atoms with Gasteiger partial charge in [0.05, 0.1) is 25.4 Å². The smallest absolute Gasteiger partial charge is 0.222 e. The van der Waals surface area contributed by atoms with E-state index < -0.39 is 6.10 Å². The molecule has 7 heteroatoms. The Hall–Kier alpha value is -2.87. The summed E-state index contributed by atoms with van der Waals surface area (Å²) in [5.74, 6) is 1.94. The van der Waals surface area contributed by atoms with Gasteiger partial charge in [-0.1, -0.05) is 62.7 Å². The molecular weight excluding hydrogens is 442 g/mol. The number of nitrogens with zero attached hydrogens (tertiary/aromatic N) is 3. The molecule has 0 aliphatic heterocycles. The zero-order chi connectivity index (χ0) is 25.0. The van der Waals surface area contributed by atoms with Crippen LogP contribution >= 0.6 is 0 Å². The maximum absolute atomic E-state index is 10.7. The number of ether oxygens (including phenoxy) is 3. The summed E-state index contributed by atoms with van der Waals surface area (Å²) >= 11 is 0. The van der Waals surface area contributed by atoms with E-state index in [-0.39, 0.29) is 0 Å². The van der Waals surface area contributed by atoms with Gasteiger partial charge in [0.2, 0.25) is 5.88 Å². The molecule has 3 aromatic rings. The largest absolute Gasteiger partial charge is 0.493 e. The van der Waals surface area contributed by atoms with Gasteiger partial charge in [0.15, 0.2) is 11.5 Å². The fourth-order valence-electron chi connectivity index (χ4n) is 4.05. The van der Waals surface area contributed by atoms with Crippen molar-refractivity contribution in [2.24, 2.45) is 7.05 Å². The number of aliphatic hydroxyl groups excluding tert-OH is 1. The van der Waals surface area contributed by atoms with Crippen molar-refractivity contribution in [2.75, 3.05) is 33.4 Å². The molecule has 1 atom stereocenters. The van der Waals surface area contributed by atoms with Crippen LogP contribution in [-0.4, -0.2) is 59.3 Å². The molecule has 0 radical (unpaired) electrons. The van der Waals surface area contributed by atoms with Crippen LogP contribution in [0.15, 0.2) is 54.6 Å². The maximum Gasteiger partial charge on any atom is 0.222 e. The van der Waals surface area contributed by atoms with E-state index in [0.29, 0.717) is 43.7 Å². The third-order valence-corrected chi connectivity index (χ3v) is 5.75. The van der Waals surface area contributed by atoms with Crippen LogP contribution in [0.4, 0.5) is 0 Å². The Morgan fingerprint density at radius 3 is 2.40 bits per heavy atom. The monoisotopic (exact) mass is 481 g/mol. The van der Waals surface area contributed by atoms with Gasteiger partial charge < -0.3 is 19.3 Å². The van der Waals surface area contributed by atoms with Gasteiger partial charge >= 0.3 is 0 Å². The molecule has 1 heterocycles. The number of rotatable bonds is 15. The van der Waals surface area contributed by atoms with Gasteiger partial charge in [-0.2, -0.15) is 5.10 Å². The second-order valence-electron chi connectivity index (χ2n) is 8.69. The standard InChI is InChI=1S/C28H39N3O4/c1-5-7-18-34-21-23(32)19-31(17-6-2)20-24-27(22-13-9-8-10-14-22)29-30(3)28(24)35-26-16-12-11-15-25(26)33-4/h8-16,23,32H,5-7,17-21H2,1-4H3/t23-/m0/s1. The molecule has 0 aliphatic rings. The number of unbranched alkanes of at least 4 members (excludes halogenated alkanes) is 1. The molecule has 35 heavy (non-hydrogen) atoms. The van der Waals surface area contributed by atoms with Crippen molar-refractivity contribution >= 4 is 0 Å². The number of hydrogen-bond acceptors (Lipinski definition) is 6. The first-order chi connectivity index (χ1) is 17.1.